The van der Waals surface area contributed by atoms with Crippen LogP contribution in [0.2, 0.25) is 0 Å². The van der Waals surface area contributed by atoms with E-state index < -0.39 is 0 Å². The van der Waals surface area contributed by atoms with Crippen molar-refractivity contribution in [2.24, 2.45) is 23.7 Å². The molecule has 2 aromatic heterocycles. The van der Waals surface area contributed by atoms with E-state index in [2.05, 4.69) is 134 Å². The predicted molar refractivity (Wildman–Crippen MR) is 240 cm³/mol. The van der Waals surface area contributed by atoms with E-state index in [1.165, 1.54) is 90.9 Å². The number of benzene rings is 7. The van der Waals surface area contributed by atoms with Gasteiger partial charge in [-0.3, -0.25) is 0 Å². The fourth-order valence-corrected chi connectivity index (χ4v) is 13.5. The standard InChI is InChI=1S/C54H41N3S/c1-31-8-7-12-38(22-31)52-55-51(35-10-3-2-4-11-35)56-53(57-52)39-16-19-44-46-28-36(17-21-48(46)58-49(44)30-39)37-15-18-43-45-20-14-34-9-5-6-13-42(34)50(45)54(47(43)29-37)40-24-32-23-33(26-40)27-41(54)25-32/h2-22,28-30,32-33,40-41H,23-27H2,1H3. The zero-order valence-corrected chi connectivity index (χ0v) is 33.3. The molecule has 9 aromatic rings. The summed E-state index contributed by atoms with van der Waals surface area (Å²) in [5.41, 5.74) is 13.1. The van der Waals surface area contributed by atoms with Crippen LogP contribution in [0, 0.1) is 30.6 Å². The first kappa shape index (κ1) is 33.0. The summed E-state index contributed by atoms with van der Waals surface area (Å²) in [5.74, 6) is 5.35. The van der Waals surface area contributed by atoms with Crippen LogP contribution in [0.3, 0.4) is 0 Å². The molecule has 2 heterocycles. The van der Waals surface area contributed by atoms with Crippen molar-refractivity contribution in [2.45, 2.75) is 44.4 Å². The lowest BCUT2D eigenvalue weighted by Gasteiger charge is -2.61. The highest BCUT2D eigenvalue weighted by atomic mass is 32.1. The van der Waals surface area contributed by atoms with Gasteiger partial charge in [-0.05, 0) is 137 Å². The lowest BCUT2D eigenvalue weighted by atomic mass is 9.43. The third kappa shape index (κ3) is 4.76. The normalized spacial score (nSPS) is 22.6. The first-order valence-electron chi connectivity index (χ1n) is 21.1. The van der Waals surface area contributed by atoms with Gasteiger partial charge in [-0.15, -0.1) is 11.3 Å². The van der Waals surface area contributed by atoms with Crippen LogP contribution in [0.15, 0.2) is 146 Å². The summed E-state index contributed by atoms with van der Waals surface area (Å²) in [6.07, 6.45) is 7.02. The molecular formula is C54H41N3S. The summed E-state index contributed by atoms with van der Waals surface area (Å²) in [5, 5.41) is 5.46. The Morgan fingerprint density at radius 2 is 1.12 bits per heavy atom. The highest BCUT2D eigenvalue weighted by molar-refractivity contribution is 7.25. The van der Waals surface area contributed by atoms with Gasteiger partial charge in [-0.1, -0.05) is 121 Å². The Labute approximate surface area is 342 Å². The fourth-order valence-electron chi connectivity index (χ4n) is 12.4. The monoisotopic (exact) mass is 763 g/mol. The van der Waals surface area contributed by atoms with Gasteiger partial charge in [0.15, 0.2) is 17.5 Å². The van der Waals surface area contributed by atoms with Crippen molar-refractivity contribution in [3.8, 4) is 56.4 Å². The number of fused-ring (bicyclic) bond motifs is 8. The van der Waals surface area contributed by atoms with E-state index in [-0.39, 0.29) is 5.41 Å². The highest BCUT2D eigenvalue weighted by Crippen LogP contribution is 2.70. The molecule has 4 bridgehead atoms. The SMILES string of the molecule is Cc1cccc(-c2nc(-c3ccccc3)nc(-c3ccc4c(c3)sc3ccc(-c5ccc6c(c5)C5(c7c-6ccc6ccccc76)C6CC7CC(C6)CC5C7)cc34)n2)c1. The zero-order valence-electron chi connectivity index (χ0n) is 32.5. The Kier molecular flexibility index (Phi) is 6.99. The van der Waals surface area contributed by atoms with Crippen LogP contribution < -0.4 is 0 Å². The van der Waals surface area contributed by atoms with Crippen molar-refractivity contribution in [3.05, 3.63) is 162 Å². The molecule has 0 saturated heterocycles. The van der Waals surface area contributed by atoms with E-state index in [0.29, 0.717) is 17.5 Å². The zero-order chi connectivity index (χ0) is 38.1. The van der Waals surface area contributed by atoms with E-state index in [1.54, 1.807) is 11.1 Å². The van der Waals surface area contributed by atoms with Gasteiger partial charge >= 0.3 is 0 Å². The Morgan fingerprint density at radius 1 is 0.466 bits per heavy atom. The predicted octanol–water partition coefficient (Wildman–Crippen LogP) is 14.1. The Balaban J connectivity index is 0.928. The van der Waals surface area contributed by atoms with Crippen molar-refractivity contribution < 1.29 is 0 Å². The molecule has 0 aliphatic heterocycles. The molecule has 0 amide bonds. The molecule has 1 spiro atoms. The van der Waals surface area contributed by atoms with E-state index in [1.807, 2.05) is 29.5 Å². The van der Waals surface area contributed by atoms with Gasteiger partial charge in [0.25, 0.3) is 0 Å². The second-order valence-corrected chi connectivity index (χ2v) is 18.8. The first-order valence-corrected chi connectivity index (χ1v) is 21.9. The maximum Gasteiger partial charge on any atom is 0.164 e. The summed E-state index contributed by atoms with van der Waals surface area (Å²) in [7, 11) is 0. The quantitative estimate of drug-likeness (QED) is 0.179. The van der Waals surface area contributed by atoms with Crippen molar-refractivity contribution >= 4 is 42.3 Å². The van der Waals surface area contributed by atoms with Crippen LogP contribution in [0.5, 0.6) is 0 Å². The van der Waals surface area contributed by atoms with Crippen LogP contribution in [-0.2, 0) is 5.41 Å². The average molecular weight is 764 g/mol. The van der Waals surface area contributed by atoms with E-state index >= 15 is 0 Å². The third-order valence-corrected chi connectivity index (χ3v) is 15.7. The van der Waals surface area contributed by atoms with Gasteiger partial charge in [-0.2, -0.15) is 0 Å². The fraction of sp³-hybridized carbons (Fsp3) is 0.204. The maximum absolute atomic E-state index is 5.06. The minimum atomic E-state index is 0.110. The van der Waals surface area contributed by atoms with Crippen molar-refractivity contribution in [3.63, 3.8) is 0 Å². The molecule has 5 aliphatic carbocycles. The molecule has 4 heteroatoms. The van der Waals surface area contributed by atoms with Crippen molar-refractivity contribution in [1.82, 2.24) is 15.0 Å². The van der Waals surface area contributed by atoms with Crippen molar-refractivity contribution in [1.29, 1.82) is 0 Å². The summed E-state index contributed by atoms with van der Waals surface area (Å²) in [4.78, 5) is 15.1. The maximum atomic E-state index is 5.06. The molecule has 0 N–H and O–H groups in total. The molecule has 0 atom stereocenters. The number of aryl methyl sites for hydroxylation is 1. The molecule has 5 aliphatic rings. The van der Waals surface area contributed by atoms with Crippen molar-refractivity contribution in [2.75, 3.05) is 0 Å². The van der Waals surface area contributed by atoms with Crippen LogP contribution >= 0.6 is 11.3 Å². The van der Waals surface area contributed by atoms with E-state index in [4.69, 9.17) is 15.0 Å². The number of aromatic nitrogens is 3. The van der Waals surface area contributed by atoms with Crippen LogP contribution in [-0.4, -0.2) is 15.0 Å². The number of hydrogen-bond donors (Lipinski definition) is 0. The van der Waals surface area contributed by atoms with Gasteiger partial charge in [0.2, 0.25) is 0 Å². The van der Waals surface area contributed by atoms with Gasteiger partial charge in [0, 0.05) is 42.3 Å². The molecule has 4 fully saturated rings. The number of rotatable bonds is 4. The summed E-state index contributed by atoms with van der Waals surface area (Å²) < 4.78 is 2.54. The van der Waals surface area contributed by atoms with Gasteiger partial charge in [0.1, 0.15) is 0 Å². The molecule has 0 radical (unpaired) electrons. The smallest absolute Gasteiger partial charge is 0.164 e. The number of nitrogens with zero attached hydrogens (tertiary/aromatic N) is 3. The Bertz CT molecular complexity index is 3130. The second kappa shape index (κ2) is 12.3. The second-order valence-electron chi connectivity index (χ2n) is 17.7. The Morgan fingerprint density at radius 3 is 1.91 bits per heavy atom. The summed E-state index contributed by atoms with van der Waals surface area (Å²) in [6, 6.07) is 54.1. The minimum Gasteiger partial charge on any atom is -0.208 e. The van der Waals surface area contributed by atoms with E-state index in [0.717, 1.165) is 40.4 Å². The van der Waals surface area contributed by atoms with Crippen LogP contribution in [0.4, 0.5) is 0 Å². The molecule has 3 nitrogen and oxygen atoms in total. The highest BCUT2D eigenvalue weighted by Gasteiger charge is 2.62. The lowest BCUT2D eigenvalue weighted by Crippen LogP contribution is -2.55. The molecule has 58 heavy (non-hydrogen) atoms. The van der Waals surface area contributed by atoms with Crippen LogP contribution in [0.1, 0.15) is 48.8 Å². The minimum absolute atomic E-state index is 0.110. The first-order chi connectivity index (χ1) is 28.6. The molecule has 7 aromatic carbocycles. The summed E-state index contributed by atoms with van der Waals surface area (Å²) >= 11 is 1.85. The largest absolute Gasteiger partial charge is 0.208 e. The number of hydrogen-bond acceptors (Lipinski definition) is 4. The molecule has 0 unspecified atom stereocenters. The van der Waals surface area contributed by atoms with Gasteiger partial charge in [0.05, 0.1) is 0 Å². The summed E-state index contributed by atoms with van der Waals surface area (Å²) in [6.45, 7) is 2.11. The average Bonchev–Trinajstić information content (AvgIpc) is 3.78. The molecule has 278 valence electrons. The molecular weight excluding hydrogens is 723 g/mol. The lowest BCUT2D eigenvalue weighted by molar-refractivity contribution is -0.0393. The van der Waals surface area contributed by atoms with Crippen LogP contribution in [0.25, 0.3) is 87.4 Å². The third-order valence-electron chi connectivity index (χ3n) is 14.5. The molecule has 14 rings (SSSR count). The van der Waals surface area contributed by atoms with Gasteiger partial charge in [-0.25, -0.2) is 15.0 Å². The Hall–Kier alpha value is -5.97. The number of thiophene rings is 1. The molecule has 4 saturated carbocycles. The van der Waals surface area contributed by atoms with Gasteiger partial charge < -0.3 is 0 Å². The van der Waals surface area contributed by atoms with E-state index in [9.17, 15) is 0 Å². The topological polar surface area (TPSA) is 38.7 Å².